The van der Waals surface area contributed by atoms with E-state index in [-0.39, 0.29) is 6.61 Å². The summed E-state index contributed by atoms with van der Waals surface area (Å²) >= 11 is 0. The van der Waals surface area contributed by atoms with Crippen molar-refractivity contribution in [3.63, 3.8) is 0 Å². The molecule has 1 aromatic rings. The summed E-state index contributed by atoms with van der Waals surface area (Å²) in [5.74, 6) is 1.31. The van der Waals surface area contributed by atoms with Gasteiger partial charge in [-0.25, -0.2) is 0 Å². The first-order valence-electron chi connectivity index (χ1n) is 7.18. The number of hydrogen-bond donors (Lipinski definition) is 2. The topological polar surface area (TPSA) is 32.3 Å². The zero-order valence-corrected chi connectivity index (χ0v) is 11.3. The van der Waals surface area contributed by atoms with Gasteiger partial charge in [-0.1, -0.05) is 37.3 Å². The largest absolute Gasteiger partial charge is 0.396 e. The molecule has 1 saturated carbocycles. The van der Waals surface area contributed by atoms with Crippen LogP contribution in [0.2, 0.25) is 0 Å². The standard InChI is InChI=1S/C16H25NO/c1-13-7-8-16(11-13)17-12-15(9-10-18)14-5-3-2-4-6-14/h2-6,13,15-18H,7-12H2,1H3. The minimum Gasteiger partial charge on any atom is -0.396 e. The Balaban J connectivity index is 1.87. The van der Waals surface area contributed by atoms with Gasteiger partial charge in [0, 0.05) is 19.2 Å². The highest BCUT2D eigenvalue weighted by Gasteiger charge is 2.21. The highest BCUT2D eigenvalue weighted by atomic mass is 16.3. The highest BCUT2D eigenvalue weighted by molar-refractivity contribution is 5.19. The van der Waals surface area contributed by atoms with Crippen LogP contribution in [0.3, 0.4) is 0 Å². The zero-order valence-electron chi connectivity index (χ0n) is 11.3. The Morgan fingerprint density at radius 2 is 2.06 bits per heavy atom. The number of nitrogens with one attached hydrogen (secondary N) is 1. The predicted molar refractivity (Wildman–Crippen MR) is 75.7 cm³/mol. The lowest BCUT2D eigenvalue weighted by molar-refractivity contribution is 0.271. The van der Waals surface area contributed by atoms with Crippen LogP contribution < -0.4 is 5.32 Å². The third-order valence-corrected chi connectivity index (χ3v) is 4.10. The van der Waals surface area contributed by atoms with E-state index in [4.69, 9.17) is 0 Å². The SMILES string of the molecule is CC1CCC(NCC(CCO)c2ccccc2)C1. The summed E-state index contributed by atoms with van der Waals surface area (Å²) in [6, 6.07) is 11.2. The molecule has 2 heteroatoms. The Hall–Kier alpha value is -0.860. The fourth-order valence-electron chi connectivity index (χ4n) is 2.97. The second-order valence-corrected chi connectivity index (χ2v) is 5.64. The van der Waals surface area contributed by atoms with Crippen LogP contribution in [0, 0.1) is 5.92 Å². The van der Waals surface area contributed by atoms with Crippen LogP contribution in [0.4, 0.5) is 0 Å². The van der Waals surface area contributed by atoms with Crippen LogP contribution in [-0.2, 0) is 0 Å². The molecular formula is C16H25NO. The van der Waals surface area contributed by atoms with Crippen LogP contribution in [0.1, 0.15) is 44.1 Å². The lowest BCUT2D eigenvalue weighted by atomic mass is 9.95. The average molecular weight is 247 g/mol. The van der Waals surface area contributed by atoms with Crippen molar-refractivity contribution in [1.29, 1.82) is 0 Å². The van der Waals surface area contributed by atoms with Crippen LogP contribution in [0.25, 0.3) is 0 Å². The van der Waals surface area contributed by atoms with Crippen molar-refractivity contribution >= 4 is 0 Å². The van der Waals surface area contributed by atoms with Gasteiger partial charge in [-0.05, 0) is 43.1 Å². The van der Waals surface area contributed by atoms with Gasteiger partial charge in [-0.15, -0.1) is 0 Å². The maximum Gasteiger partial charge on any atom is 0.0437 e. The Morgan fingerprint density at radius 1 is 1.28 bits per heavy atom. The second kappa shape index (κ2) is 6.91. The highest BCUT2D eigenvalue weighted by Crippen LogP contribution is 2.26. The van der Waals surface area contributed by atoms with Crippen molar-refractivity contribution in [1.82, 2.24) is 5.32 Å². The normalized spacial score (nSPS) is 25.2. The van der Waals surface area contributed by atoms with Gasteiger partial charge in [0.25, 0.3) is 0 Å². The van der Waals surface area contributed by atoms with Gasteiger partial charge >= 0.3 is 0 Å². The third-order valence-electron chi connectivity index (χ3n) is 4.10. The fraction of sp³-hybridized carbons (Fsp3) is 0.625. The van der Waals surface area contributed by atoms with E-state index in [9.17, 15) is 5.11 Å². The molecule has 3 unspecified atom stereocenters. The number of benzene rings is 1. The van der Waals surface area contributed by atoms with E-state index >= 15 is 0 Å². The Labute approximate surface area is 110 Å². The summed E-state index contributed by atoms with van der Waals surface area (Å²) in [6.45, 7) is 3.59. The first-order chi connectivity index (χ1) is 8.79. The molecule has 0 amide bonds. The summed E-state index contributed by atoms with van der Waals surface area (Å²) < 4.78 is 0. The molecule has 2 N–H and O–H groups in total. The van der Waals surface area contributed by atoms with Crippen LogP contribution in [-0.4, -0.2) is 24.3 Å². The van der Waals surface area contributed by atoms with Crippen LogP contribution in [0.15, 0.2) is 30.3 Å². The zero-order chi connectivity index (χ0) is 12.8. The fourth-order valence-corrected chi connectivity index (χ4v) is 2.97. The van der Waals surface area contributed by atoms with Gasteiger partial charge in [0.1, 0.15) is 0 Å². The molecular weight excluding hydrogens is 222 g/mol. The molecule has 100 valence electrons. The van der Waals surface area contributed by atoms with Gasteiger partial charge in [0.05, 0.1) is 0 Å². The van der Waals surface area contributed by atoms with Crippen molar-refractivity contribution in [3.8, 4) is 0 Å². The first-order valence-corrected chi connectivity index (χ1v) is 7.18. The number of aliphatic hydroxyl groups is 1. The molecule has 0 saturated heterocycles. The van der Waals surface area contributed by atoms with Gasteiger partial charge < -0.3 is 10.4 Å². The molecule has 0 aromatic heterocycles. The lowest BCUT2D eigenvalue weighted by Crippen LogP contribution is -2.31. The molecule has 2 nitrogen and oxygen atoms in total. The van der Waals surface area contributed by atoms with Gasteiger partial charge in [0.15, 0.2) is 0 Å². The molecule has 0 aliphatic heterocycles. The van der Waals surface area contributed by atoms with Crippen LogP contribution >= 0.6 is 0 Å². The Bertz CT molecular complexity index is 338. The maximum atomic E-state index is 9.20. The molecule has 0 radical (unpaired) electrons. The number of hydrogen-bond acceptors (Lipinski definition) is 2. The van der Waals surface area contributed by atoms with E-state index in [1.807, 2.05) is 6.07 Å². The molecule has 0 bridgehead atoms. The van der Waals surface area contributed by atoms with Crippen molar-refractivity contribution in [3.05, 3.63) is 35.9 Å². The van der Waals surface area contributed by atoms with Gasteiger partial charge in [-0.2, -0.15) is 0 Å². The molecule has 3 atom stereocenters. The molecule has 1 aliphatic rings. The van der Waals surface area contributed by atoms with E-state index in [2.05, 4.69) is 36.5 Å². The minimum atomic E-state index is 0.266. The van der Waals surface area contributed by atoms with E-state index in [1.165, 1.54) is 24.8 Å². The lowest BCUT2D eigenvalue weighted by Gasteiger charge is -2.20. The second-order valence-electron chi connectivity index (χ2n) is 5.64. The Kier molecular flexibility index (Phi) is 5.21. The molecule has 0 heterocycles. The molecule has 1 fully saturated rings. The molecule has 18 heavy (non-hydrogen) atoms. The quantitative estimate of drug-likeness (QED) is 0.810. The van der Waals surface area contributed by atoms with E-state index in [0.29, 0.717) is 12.0 Å². The summed E-state index contributed by atoms with van der Waals surface area (Å²) in [4.78, 5) is 0. The van der Waals surface area contributed by atoms with Crippen molar-refractivity contribution in [2.75, 3.05) is 13.2 Å². The third kappa shape index (κ3) is 3.82. The minimum absolute atomic E-state index is 0.266. The van der Waals surface area contributed by atoms with E-state index in [1.54, 1.807) is 0 Å². The van der Waals surface area contributed by atoms with Gasteiger partial charge in [-0.3, -0.25) is 0 Å². The monoisotopic (exact) mass is 247 g/mol. The van der Waals surface area contributed by atoms with E-state index in [0.717, 1.165) is 18.9 Å². The summed E-state index contributed by atoms with van der Waals surface area (Å²) in [6.07, 6.45) is 4.81. The van der Waals surface area contributed by atoms with Crippen molar-refractivity contribution in [2.45, 2.75) is 44.6 Å². The number of rotatable bonds is 6. The summed E-state index contributed by atoms with van der Waals surface area (Å²) in [5.41, 5.74) is 1.34. The predicted octanol–water partition coefficient (Wildman–Crippen LogP) is 2.93. The number of aliphatic hydroxyl groups excluding tert-OH is 1. The summed E-state index contributed by atoms with van der Waals surface area (Å²) in [7, 11) is 0. The first kappa shape index (κ1) is 13.6. The van der Waals surface area contributed by atoms with Crippen LogP contribution in [0.5, 0.6) is 0 Å². The molecule has 1 aliphatic carbocycles. The maximum absolute atomic E-state index is 9.20. The Morgan fingerprint density at radius 3 is 2.67 bits per heavy atom. The molecule has 2 rings (SSSR count). The van der Waals surface area contributed by atoms with Crippen molar-refractivity contribution < 1.29 is 5.11 Å². The van der Waals surface area contributed by atoms with E-state index < -0.39 is 0 Å². The molecule has 0 spiro atoms. The van der Waals surface area contributed by atoms with Gasteiger partial charge in [0.2, 0.25) is 0 Å². The summed E-state index contributed by atoms with van der Waals surface area (Å²) in [5, 5.41) is 12.9. The molecule has 1 aromatic carbocycles. The average Bonchev–Trinajstić information content (AvgIpc) is 2.81. The smallest absolute Gasteiger partial charge is 0.0437 e. The van der Waals surface area contributed by atoms with Crippen molar-refractivity contribution in [2.24, 2.45) is 5.92 Å².